The van der Waals surface area contributed by atoms with Gasteiger partial charge in [-0.1, -0.05) is 36.4 Å². The van der Waals surface area contributed by atoms with E-state index in [2.05, 4.69) is 0 Å². The molecule has 2 aromatic heterocycles. The highest BCUT2D eigenvalue weighted by Crippen LogP contribution is 2.22. The Hall–Kier alpha value is -2.49. The van der Waals surface area contributed by atoms with Crippen molar-refractivity contribution >= 4 is 21.4 Å². The van der Waals surface area contributed by atoms with Gasteiger partial charge in [0.2, 0.25) is 0 Å². The summed E-state index contributed by atoms with van der Waals surface area (Å²) in [6.07, 6.45) is 1.63. The molecule has 1 aromatic carbocycles. The van der Waals surface area contributed by atoms with Gasteiger partial charge in [0.25, 0.3) is 15.6 Å². The Labute approximate surface area is 173 Å². The van der Waals surface area contributed by atoms with Crippen LogP contribution in [0.2, 0.25) is 0 Å². The normalized spacial score (nSPS) is 13.0. The zero-order valence-electron chi connectivity index (χ0n) is 16.5. The van der Waals surface area contributed by atoms with Gasteiger partial charge in [-0.15, -0.1) is 11.3 Å². The van der Waals surface area contributed by atoms with Crippen LogP contribution in [0.1, 0.15) is 17.4 Å². The Bertz CT molecular complexity index is 1200. The van der Waals surface area contributed by atoms with E-state index in [0.717, 1.165) is 25.8 Å². The number of hydrogen-bond donors (Lipinski definition) is 0. The van der Waals surface area contributed by atoms with E-state index in [-0.39, 0.29) is 12.6 Å². The molecular formula is C20H23N3O4S2. The number of thiophene rings is 1. The van der Waals surface area contributed by atoms with Crippen molar-refractivity contribution in [1.82, 2.24) is 13.4 Å². The molecule has 1 atom stereocenters. The van der Waals surface area contributed by atoms with Crippen LogP contribution in [0.25, 0.3) is 0 Å². The molecule has 2 heterocycles. The van der Waals surface area contributed by atoms with Gasteiger partial charge in [-0.25, -0.2) is 13.2 Å². The lowest BCUT2D eigenvalue weighted by atomic mass is 10.1. The highest BCUT2D eigenvalue weighted by molar-refractivity contribution is 7.89. The smallest absolute Gasteiger partial charge is 0.302 e. The number of aromatic nitrogens is 2. The first-order valence-electron chi connectivity index (χ1n) is 9.06. The monoisotopic (exact) mass is 433 g/mol. The molecule has 0 bridgehead atoms. The van der Waals surface area contributed by atoms with Crippen LogP contribution in [0, 0.1) is 0 Å². The minimum atomic E-state index is -4.15. The summed E-state index contributed by atoms with van der Waals surface area (Å²) in [4.78, 5) is 25.3. The van der Waals surface area contributed by atoms with Crippen molar-refractivity contribution in [2.24, 2.45) is 14.1 Å². The first kappa shape index (κ1) is 21.2. The summed E-state index contributed by atoms with van der Waals surface area (Å²) in [5, 5.41) is 1.95. The van der Waals surface area contributed by atoms with E-state index >= 15 is 0 Å². The van der Waals surface area contributed by atoms with Crippen molar-refractivity contribution < 1.29 is 8.42 Å². The van der Waals surface area contributed by atoms with Crippen molar-refractivity contribution in [3.63, 3.8) is 0 Å². The van der Waals surface area contributed by atoms with Crippen LogP contribution in [0.3, 0.4) is 0 Å². The van der Waals surface area contributed by atoms with Gasteiger partial charge in [0.05, 0.1) is 0 Å². The third-order valence-electron chi connectivity index (χ3n) is 4.75. The molecule has 0 radical (unpaired) electrons. The van der Waals surface area contributed by atoms with Crippen molar-refractivity contribution in [3.8, 4) is 0 Å². The lowest BCUT2D eigenvalue weighted by Gasteiger charge is -2.28. The average Bonchev–Trinajstić information content (AvgIpc) is 3.20. The third kappa shape index (κ3) is 4.42. The van der Waals surface area contributed by atoms with Crippen LogP contribution in [-0.2, 0) is 37.1 Å². The molecule has 154 valence electrons. The van der Waals surface area contributed by atoms with Crippen LogP contribution in [0.4, 0.5) is 0 Å². The van der Waals surface area contributed by atoms with E-state index in [1.54, 1.807) is 11.3 Å². The first-order chi connectivity index (χ1) is 13.7. The maximum Gasteiger partial charge on any atom is 0.330 e. The summed E-state index contributed by atoms with van der Waals surface area (Å²) in [6, 6.07) is 12.7. The Morgan fingerprint density at radius 2 is 1.76 bits per heavy atom. The summed E-state index contributed by atoms with van der Waals surface area (Å²) in [5.74, 6) is 0. The van der Waals surface area contributed by atoms with Crippen molar-refractivity contribution in [2.45, 2.75) is 30.8 Å². The van der Waals surface area contributed by atoms with Crippen LogP contribution in [0.15, 0.2) is 68.5 Å². The van der Waals surface area contributed by atoms with E-state index in [9.17, 15) is 18.0 Å². The molecule has 7 nitrogen and oxygen atoms in total. The largest absolute Gasteiger partial charge is 0.330 e. The van der Waals surface area contributed by atoms with E-state index in [1.807, 2.05) is 54.8 Å². The molecule has 3 aromatic rings. The Morgan fingerprint density at radius 1 is 1.07 bits per heavy atom. The van der Waals surface area contributed by atoms with Gasteiger partial charge in [-0.05, 0) is 30.4 Å². The summed E-state index contributed by atoms with van der Waals surface area (Å²) in [6.45, 7) is 1.95. The van der Waals surface area contributed by atoms with E-state index < -0.39 is 26.2 Å². The number of sulfonamides is 1. The third-order valence-corrected chi connectivity index (χ3v) is 7.59. The van der Waals surface area contributed by atoms with Gasteiger partial charge in [-0.3, -0.25) is 9.36 Å². The highest BCUT2D eigenvalue weighted by Gasteiger charge is 2.33. The summed E-state index contributed by atoms with van der Waals surface area (Å²) in [5.41, 5.74) is -0.583. The van der Waals surface area contributed by atoms with E-state index in [1.165, 1.54) is 18.4 Å². The molecular weight excluding hydrogens is 410 g/mol. The second kappa shape index (κ2) is 8.48. The van der Waals surface area contributed by atoms with Crippen molar-refractivity contribution in [2.75, 3.05) is 0 Å². The highest BCUT2D eigenvalue weighted by atomic mass is 32.2. The Balaban J connectivity index is 2.09. The predicted molar refractivity (Wildman–Crippen MR) is 114 cm³/mol. The second-order valence-electron chi connectivity index (χ2n) is 6.92. The lowest BCUT2D eigenvalue weighted by Crippen LogP contribution is -2.45. The average molecular weight is 434 g/mol. The molecule has 1 unspecified atom stereocenters. The van der Waals surface area contributed by atoms with Crippen LogP contribution in [0.5, 0.6) is 0 Å². The molecule has 0 fully saturated rings. The standard InChI is InChI=1S/C20H23N3O4S2/c1-15(12-17-10-7-11-28-17)23(13-16-8-5-4-6-9-16)29(26,27)18-14-21(2)20(25)22(3)19(18)24/h4-11,14-15H,12-13H2,1-3H3. The maximum atomic E-state index is 13.5. The molecule has 0 spiro atoms. The molecule has 0 amide bonds. The van der Waals surface area contributed by atoms with Crippen molar-refractivity contribution in [3.05, 3.63) is 85.3 Å². The van der Waals surface area contributed by atoms with Crippen LogP contribution < -0.4 is 11.2 Å². The molecule has 0 aliphatic rings. The lowest BCUT2D eigenvalue weighted by molar-refractivity contribution is 0.328. The van der Waals surface area contributed by atoms with E-state index in [0.29, 0.717) is 6.42 Å². The van der Waals surface area contributed by atoms with E-state index in [4.69, 9.17) is 0 Å². The molecule has 0 aliphatic carbocycles. The number of aryl methyl sites for hydroxylation is 1. The number of hydrogen-bond acceptors (Lipinski definition) is 5. The summed E-state index contributed by atoms with van der Waals surface area (Å²) >= 11 is 1.56. The fraction of sp³-hybridized carbons (Fsp3) is 0.300. The molecule has 0 saturated heterocycles. The topological polar surface area (TPSA) is 81.4 Å². The summed E-state index contributed by atoms with van der Waals surface area (Å²) < 4.78 is 30.4. The molecule has 9 heteroatoms. The summed E-state index contributed by atoms with van der Waals surface area (Å²) in [7, 11) is -1.44. The predicted octanol–water partition coefficient (Wildman–Crippen LogP) is 1.97. The van der Waals surface area contributed by atoms with Crippen LogP contribution >= 0.6 is 11.3 Å². The molecule has 3 rings (SSSR count). The van der Waals surface area contributed by atoms with Gasteiger partial charge < -0.3 is 4.57 Å². The molecule has 0 aliphatic heterocycles. The van der Waals surface area contributed by atoms with Gasteiger partial charge in [0, 0.05) is 37.8 Å². The zero-order valence-corrected chi connectivity index (χ0v) is 18.1. The van der Waals surface area contributed by atoms with Gasteiger partial charge >= 0.3 is 5.69 Å². The quantitative estimate of drug-likeness (QED) is 0.571. The molecule has 0 saturated carbocycles. The van der Waals surface area contributed by atoms with Gasteiger partial charge in [-0.2, -0.15) is 4.31 Å². The van der Waals surface area contributed by atoms with Gasteiger partial charge in [0.1, 0.15) is 0 Å². The number of benzene rings is 1. The molecule has 0 N–H and O–H groups in total. The minimum absolute atomic E-state index is 0.127. The molecule has 29 heavy (non-hydrogen) atoms. The van der Waals surface area contributed by atoms with Crippen molar-refractivity contribution in [1.29, 1.82) is 0 Å². The minimum Gasteiger partial charge on any atom is -0.302 e. The fourth-order valence-corrected chi connectivity index (χ4v) is 5.74. The Morgan fingerprint density at radius 3 is 2.38 bits per heavy atom. The maximum absolute atomic E-state index is 13.5. The Kier molecular flexibility index (Phi) is 6.21. The SMILES string of the molecule is CC(Cc1cccs1)N(Cc1ccccc1)S(=O)(=O)c1cn(C)c(=O)n(C)c1=O. The van der Waals surface area contributed by atoms with Crippen LogP contribution in [-0.4, -0.2) is 27.9 Å². The first-order valence-corrected chi connectivity index (χ1v) is 11.4. The fourth-order valence-electron chi connectivity index (χ4n) is 3.14. The zero-order chi connectivity index (χ0) is 21.2. The number of nitrogens with zero attached hydrogens (tertiary/aromatic N) is 3. The number of rotatable bonds is 7. The van der Waals surface area contributed by atoms with Gasteiger partial charge in [0.15, 0.2) is 4.90 Å². The second-order valence-corrected chi connectivity index (χ2v) is 9.81.